The van der Waals surface area contributed by atoms with Gasteiger partial charge in [-0.05, 0) is 31.0 Å². The Morgan fingerprint density at radius 2 is 2.11 bits per heavy atom. The number of benzene rings is 1. The summed E-state index contributed by atoms with van der Waals surface area (Å²) in [5, 5.41) is 2.61. The van der Waals surface area contributed by atoms with Gasteiger partial charge in [0.15, 0.2) is 0 Å². The number of nitrogens with two attached hydrogens (primary N) is 1. The first-order valence-corrected chi connectivity index (χ1v) is 6.77. The number of thioether (sulfide) groups is 1. The molecule has 0 aromatic heterocycles. The van der Waals surface area contributed by atoms with Crippen molar-refractivity contribution in [3.05, 3.63) is 24.0 Å². The van der Waals surface area contributed by atoms with E-state index in [1.807, 2.05) is 20.8 Å². The summed E-state index contributed by atoms with van der Waals surface area (Å²) in [7, 11) is 0. The molecule has 18 heavy (non-hydrogen) atoms. The maximum Gasteiger partial charge on any atom is 0.233 e. The zero-order valence-electron chi connectivity index (χ0n) is 10.9. The summed E-state index contributed by atoms with van der Waals surface area (Å²) in [5.41, 5.74) is 6.06. The van der Waals surface area contributed by atoms with Crippen LogP contribution in [0.3, 0.4) is 0 Å². The summed E-state index contributed by atoms with van der Waals surface area (Å²) in [6.07, 6.45) is 0. The average Bonchev–Trinajstić information content (AvgIpc) is 2.29. The molecule has 0 saturated carbocycles. The molecule has 5 heteroatoms. The van der Waals surface area contributed by atoms with Gasteiger partial charge in [0.1, 0.15) is 5.82 Å². The predicted molar refractivity (Wildman–Crippen MR) is 74.0 cm³/mol. The highest BCUT2D eigenvalue weighted by molar-refractivity contribution is 8.00. The molecule has 0 aliphatic carbocycles. The number of amides is 1. The molecule has 0 saturated heterocycles. The Labute approximate surface area is 111 Å². The van der Waals surface area contributed by atoms with Crippen molar-refractivity contribution in [2.24, 2.45) is 5.92 Å². The molecule has 1 rings (SSSR count). The third-order valence-corrected chi connectivity index (χ3v) is 3.52. The van der Waals surface area contributed by atoms with Gasteiger partial charge in [0, 0.05) is 17.1 Å². The first kappa shape index (κ1) is 14.8. The van der Waals surface area contributed by atoms with Gasteiger partial charge in [-0.1, -0.05) is 13.8 Å². The molecule has 1 atom stereocenters. The van der Waals surface area contributed by atoms with Crippen molar-refractivity contribution in [2.45, 2.75) is 30.9 Å². The zero-order chi connectivity index (χ0) is 13.7. The van der Waals surface area contributed by atoms with E-state index in [1.165, 1.54) is 23.9 Å². The molecule has 0 aliphatic rings. The van der Waals surface area contributed by atoms with Crippen LogP contribution in [0.2, 0.25) is 0 Å². The first-order chi connectivity index (χ1) is 8.40. The number of nitrogens with one attached hydrogen (secondary N) is 1. The highest BCUT2D eigenvalue weighted by atomic mass is 32.2. The van der Waals surface area contributed by atoms with E-state index in [0.717, 1.165) is 4.90 Å². The van der Waals surface area contributed by atoms with Crippen LogP contribution in [0, 0.1) is 11.7 Å². The lowest BCUT2D eigenvalue weighted by molar-refractivity contribution is -0.120. The molecule has 0 spiro atoms. The third kappa shape index (κ3) is 4.56. The molecule has 0 bridgehead atoms. The lowest BCUT2D eigenvalue weighted by Crippen LogP contribution is -2.33. The second-order valence-electron chi connectivity index (χ2n) is 4.58. The molecule has 3 N–H and O–H groups in total. The number of carbonyl (C=O) groups is 1. The minimum absolute atomic E-state index is 0.0302. The van der Waals surface area contributed by atoms with Crippen molar-refractivity contribution >= 4 is 23.4 Å². The molecule has 0 aliphatic heterocycles. The Hall–Kier alpha value is -1.23. The largest absolute Gasteiger partial charge is 0.398 e. The summed E-state index contributed by atoms with van der Waals surface area (Å²) < 4.78 is 12.9. The fraction of sp³-hybridized carbons (Fsp3) is 0.462. The van der Waals surface area contributed by atoms with Crippen molar-refractivity contribution in [2.75, 3.05) is 12.3 Å². The molecular weight excluding hydrogens is 251 g/mol. The molecule has 1 aromatic carbocycles. The molecule has 1 aromatic rings. The fourth-order valence-electron chi connectivity index (χ4n) is 1.32. The maximum atomic E-state index is 12.9. The van der Waals surface area contributed by atoms with Gasteiger partial charge in [-0.2, -0.15) is 0 Å². The fourth-order valence-corrected chi connectivity index (χ4v) is 2.23. The van der Waals surface area contributed by atoms with Crippen LogP contribution in [0.1, 0.15) is 20.8 Å². The van der Waals surface area contributed by atoms with Gasteiger partial charge in [-0.3, -0.25) is 4.79 Å². The van der Waals surface area contributed by atoms with Crippen molar-refractivity contribution in [3.63, 3.8) is 0 Å². The SMILES string of the molecule is CC(C)CNC(=O)C(C)Sc1ccc(F)cc1N. The molecule has 3 nitrogen and oxygen atoms in total. The van der Waals surface area contributed by atoms with E-state index in [9.17, 15) is 9.18 Å². The lowest BCUT2D eigenvalue weighted by atomic mass is 10.2. The van der Waals surface area contributed by atoms with E-state index in [4.69, 9.17) is 5.73 Å². The summed E-state index contributed by atoms with van der Waals surface area (Å²) in [4.78, 5) is 12.5. The van der Waals surface area contributed by atoms with Crippen LogP contribution in [0.5, 0.6) is 0 Å². The Balaban J connectivity index is 2.58. The summed E-state index contributed by atoms with van der Waals surface area (Å²) >= 11 is 1.33. The second kappa shape index (κ2) is 6.64. The van der Waals surface area contributed by atoms with Crippen LogP contribution < -0.4 is 11.1 Å². The number of nitrogen functional groups attached to an aromatic ring is 1. The van der Waals surface area contributed by atoms with Gasteiger partial charge in [0.2, 0.25) is 5.91 Å². The number of hydrogen-bond donors (Lipinski definition) is 2. The van der Waals surface area contributed by atoms with Crippen LogP contribution >= 0.6 is 11.8 Å². The van der Waals surface area contributed by atoms with E-state index < -0.39 is 0 Å². The van der Waals surface area contributed by atoms with E-state index in [-0.39, 0.29) is 17.0 Å². The predicted octanol–water partition coefficient (Wildman–Crippen LogP) is 2.66. The number of halogens is 1. The van der Waals surface area contributed by atoms with E-state index in [0.29, 0.717) is 18.2 Å². The van der Waals surface area contributed by atoms with E-state index >= 15 is 0 Å². The first-order valence-electron chi connectivity index (χ1n) is 5.89. The van der Waals surface area contributed by atoms with Gasteiger partial charge < -0.3 is 11.1 Å². The second-order valence-corrected chi connectivity index (χ2v) is 5.96. The zero-order valence-corrected chi connectivity index (χ0v) is 11.7. The lowest BCUT2D eigenvalue weighted by Gasteiger charge is -2.14. The molecule has 0 fully saturated rings. The molecule has 0 heterocycles. The van der Waals surface area contributed by atoms with Gasteiger partial charge in [0.05, 0.1) is 5.25 Å². The van der Waals surface area contributed by atoms with Crippen LogP contribution in [0.4, 0.5) is 10.1 Å². The number of anilines is 1. The van der Waals surface area contributed by atoms with Gasteiger partial charge in [-0.25, -0.2) is 4.39 Å². The minimum Gasteiger partial charge on any atom is -0.398 e. The third-order valence-electron chi connectivity index (χ3n) is 2.33. The van der Waals surface area contributed by atoms with Crippen molar-refractivity contribution in [1.29, 1.82) is 0 Å². The molecular formula is C13H19FN2OS. The van der Waals surface area contributed by atoms with Crippen molar-refractivity contribution in [1.82, 2.24) is 5.32 Å². The quantitative estimate of drug-likeness (QED) is 0.639. The Kier molecular flexibility index (Phi) is 5.47. The van der Waals surface area contributed by atoms with Gasteiger partial charge in [-0.15, -0.1) is 11.8 Å². The summed E-state index contributed by atoms with van der Waals surface area (Å²) in [6.45, 7) is 6.54. The number of hydrogen-bond acceptors (Lipinski definition) is 3. The van der Waals surface area contributed by atoms with Crippen LogP contribution in [0.25, 0.3) is 0 Å². The van der Waals surface area contributed by atoms with E-state index in [1.54, 1.807) is 6.07 Å². The Morgan fingerprint density at radius 1 is 1.44 bits per heavy atom. The molecule has 0 radical (unpaired) electrons. The van der Waals surface area contributed by atoms with Crippen LogP contribution in [-0.2, 0) is 4.79 Å². The Morgan fingerprint density at radius 3 is 2.67 bits per heavy atom. The maximum absolute atomic E-state index is 12.9. The average molecular weight is 270 g/mol. The summed E-state index contributed by atoms with van der Waals surface area (Å²) in [6, 6.07) is 4.21. The standard InChI is InChI=1S/C13H19FN2OS/c1-8(2)7-16-13(17)9(3)18-12-5-4-10(14)6-11(12)15/h4-6,8-9H,7,15H2,1-3H3,(H,16,17). The highest BCUT2D eigenvalue weighted by Crippen LogP contribution is 2.29. The highest BCUT2D eigenvalue weighted by Gasteiger charge is 2.15. The number of carbonyl (C=O) groups excluding carboxylic acids is 1. The van der Waals surface area contributed by atoms with Crippen molar-refractivity contribution < 1.29 is 9.18 Å². The smallest absolute Gasteiger partial charge is 0.233 e. The van der Waals surface area contributed by atoms with Gasteiger partial charge in [0.25, 0.3) is 0 Å². The van der Waals surface area contributed by atoms with E-state index in [2.05, 4.69) is 5.32 Å². The summed E-state index contributed by atoms with van der Waals surface area (Å²) in [5.74, 6) is 0.0215. The van der Waals surface area contributed by atoms with Crippen LogP contribution in [-0.4, -0.2) is 17.7 Å². The number of rotatable bonds is 5. The monoisotopic (exact) mass is 270 g/mol. The van der Waals surface area contributed by atoms with Crippen LogP contribution in [0.15, 0.2) is 23.1 Å². The molecule has 1 unspecified atom stereocenters. The molecule has 100 valence electrons. The molecule has 1 amide bonds. The van der Waals surface area contributed by atoms with Crippen molar-refractivity contribution in [3.8, 4) is 0 Å². The topological polar surface area (TPSA) is 55.1 Å². The normalized spacial score (nSPS) is 12.5. The minimum atomic E-state index is -0.367. The van der Waals surface area contributed by atoms with Gasteiger partial charge >= 0.3 is 0 Å². The Bertz CT molecular complexity index is 423.